The molecule has 1 aromatic carbocycles. The third kappa shape index (κ3) is 1.42. The third-order valence-electron chi connectivity index (χ3n) is 4.15. The smallest absolute Gasteiger partial charge is 0.0974 e. The standard InChI is InChI=1S/C13H14Cl2O/c14-8-5-6-11(12(15)7-8)13(16)9-3-1-2-4-10(9)13/h5-7,9-10,16H,1-4H2. The Bertz CT molecular complexity index is 418. The molecule has 0 bridgehead atoms. The van der Waals surface area contributed by atoms with Crippen LogP contribution >= 0.6 is 23.2 Å². The zero-order chi connectivity index (χ0) is 11.3. The van der Waals surface area contributed by atoms with Crippen LogP contribution in [0.5, 0.6) is 0 Å². The third-order valence-corrected chi connectivity index (χ3v) is 4.70. The maximum absolute atomic E-state index is 10.7. The first-order valence-corrected chi connectivity index (χ1v) is 6.57. The molecule has 0 amide bonds. The van der Waals surface area contributed by atoms with E-state index in [1.807, 2.05) is 12.1 Å². The summed E-state index contributed by atoms with van der Waals surface area (Å²) in [7, 11) is 0. The molecule has 2 fully saturated rings. The molecule has 1 aromatic rings. The van der Waals surface area contributed by atoms with Gasteiger partial charge in [0, 0.05) is 15.6 Å². The molecule has 0 aromatic heterocycles. The fraction of sp³-hybridized carbons (Fsp3) is 0.538. The average molecular weight is 257 g/mol. The maximum atomic E-state index is 10.7. The summed E-state index contributed by atoms with van der Waals surface area (Å²) in [6, 6.07) is 5.41. The van der Waals surface area contributed by atoms with Gasteiger partial charge in [-0.15, -0.1) is 0 Å². The average Bonchev–Trinajstić information content (AvgIpc) is 2.86. The Balaban J connectivity index is 1.98. The Morgan fingerprint density at radius 1 is 1.12 bits per heavy atom. The topological polar surface area (TPSA) is 20.2 Å². The lowest BCUT2D eigenvalue weighted by Gasteiger charge is -2.13. The molecule has 0 radical (unpaired) electrons. The normalized spacial score (nSPS) is 36.9. The van der Waals surface area contributed by atoms with E-state index >= 15 is 0 Å². The summed E-state index contributed by atoms with van der Waals surface area (Å²) in [6.45, 7) is 0. The van der Waals surface area contributed by atoms with Crippen LogP contribution in [-0.2, 0) is 5.60 Å². The summed E-state index contributed by atoms with van der Waals surface area (Å²) in [5.41, 5.74) is 0.202. The van der Waals surface area contributed by atoms with Crippen LogP contribution < -0.4 is 0 Å². The van der Waals surface area contributed by atoms with Gasteiger partial charge in [0.05, 0.1) is 5.60 Å². The number of fused-ring (bicyclic) bond motifs is 1. The molecule has 2 unspecified atom stereocenters. The van der Waals surface area contributed by atoms with Gasteiger partial charge in [-0.05, 0) is 36.8 Å². The molecule has 2 saturated carbocycles. The Kier molecular flexibility index (Phi) is 2.47. The molecule has 2 atom stereocenters. The summed E-state index contributed by atoms with van der Waals surface area (Å²) >= 11 is 12.0. The Morgan fingerprint density at radius 3 is 2.31 bits per heavy atom. The van der Waals surface area contributed by atoms with Crippen molar-refractivity contribution in [3.63, 3.8) is 0 Å². The van der Waals surface area contributed by atoms with Gasteiger partial charge >= 0.3 is 0 Å². The highest BCUT2D eigenvalue weighted by Crippen LogP contribution is 2.65. The first kappa shape index (κ1) is 10.9. The van der Waals surface area contributed by atoms with Crippen LogP contribution in [0, 0.1) is 11.8 Å². The lowest BCUT2D eigenvalue weighted by Crippen LogP contribution is -2.10. The number of aliphatic hydroxyl groups is 1. The Morgan fingerprint density at radius 2 is 1.75 bits per heavy atom. The van der Waals surface area contributed by atoms with Crippen molar-refractivity contribution in [3.05, 3.63) is 33.8 Å². The minimum atomic E-state index is -0.668. The van der Waals surface area contributed by atoms with Crippen LogP contribution in [0.1, 0.15) is 31.2 Å². The van der Waals surface area contributed by atoms with Crippen molar-refractivity contribution in [2.45, 2.75) is 31.3 Å². The van der Waals surface area contributed by atoms with E-state index in [-0.39, 0.29) is 0 Å². The summed E-state index contributed by atoms with van der Waals surface area (Å²) in [5.74, 6) is 0.833. The second-order valence-corrected chi connectivity index (χ2v) is 5.79. The number of halogens is 2. The van der Waals surface area contributed by atoms with Crippen molar-refractivity contribution in [2.24, 2.45) is 11.8 Å². The predicted molar refractivity (Wildman–Crippen MR) is 65.8 cm³/mol. The van der Waals surface area contributed by atoms with Gasteiger partial charge in [0.1, 0.15) is 0 Å². The van der Waals surface area contributed by atoms with Crippen molar-refractivity contribution in [2.75, 3.05) is 0 Å². The molecule has 16 heavy (non-hydrogen) atoms. The molecule has 0 saturated heterocycles. The van der Waals surface area contributed by atoms with Crippen LogP contribution in [0.2, 0.25) is 10.0 Å². The van der Waals surface area contributed by atoms with Gasteiger partial charge in [-0.3, -0.25) is 0 Å². The first-order valence-electron chi connectivity index (χ1n) is 5.82. The van der Waals surface area contributed by atoms with Gasteiger partial charge in [0.25, 0.3) is 0 Å². The van der Waals surface area contributed by atoms with Crippen molar-refractivity contribution in [3.8, 4) is 0 Å². The van der Waals surface area contributed by atoms with Gasteiger partial charge in [-0.1, -0.05) is 42.1 Å². The van der Waals surface area contributed by atoms with Gasteiger partial charge in [-0.2, -0.15) is 0 Å². The van der Waals surface area contributed by atoms with E-state index in [0.29, 0.717) is 21.9 Å². The molecule has 0 aliphatic heterocycles. The van der Waals surface area contributed by atoms with E-state index in [9.17, 15) is 5.11 Å². The monoisotopic (exact) mass is 256 g/mol. The maximum Gasteiger partial charge on any atom is 0.0974 e. The molecule has 86 valence electrons. The van der Waals surface area contributed by atoms with Gasteiger partial charge in [0.15, 0.2) is 0 Å². The number of rotatable bonds is 1. The van der Waals surface area contributed by atoms with E-state index in [2.05, 4.69) is 0 Å². The second kappa shape index (κ2) is 3.63. The predicted octanol–water partition coefficient (Wildman–Crippen LogP) is 4.00. The zero-order valence-corrected chi connectivity index (χ0v) is 10.4. The minimum absolute atomic E-state index is 0.417. The van der Waals surface area contributed by atoms with Crippen LogP contribution in [0.25, 0.3) is 0 Å². The summed E-state index contributed by atoms with van der Waals surface area (Å²) in [5, 5.41) is 11.9. The largest absolute Gasteiger partial charge is 0.385 e. The molecule has 1 nitrogen and oxygen atoms in total. The van der Waals surface area contributed by atoms with Crippen LogP contribution in [0.3, 0.4) is 0 Å². The number of hydrogen-bond acceptors (Lipinski definition) is 1. The van der Waals surface area contributed by atoms with E-state index < -0.39 is 5.60 Å². The highest BCUT2D eigenvalue weighted by Gasteiger charge is 2.65. The second-order valence-electron chi connectivity index (χ2n) is 4.95. The highest BCUT2D eigenvalue weighted by atomic mass is 35.5. The van der Waals surface area contributed by atoms with E-state index in [4.69, 9.17) is 23.2 Å². The SMILES string of the molecule is OC1(c2ccc(Cl)cc2Cl)C2CCCCC21. The lowest BCUT2D eigenvalue weighted by molar-refractivity contribution is 0.118. The summed E-state index contributed by atoms with van der Waals surface area (Å²) in [4.78, 5) is 0. The highest BCUT2D eigenvalue weighted by molar-refractivity contribution is 6.35. The van der Waals surface area contributed by atoms with Crippen LogP contribution in [0.4, 0.5) is 0 Å². The molecule has 2 aliphatic rings. The first-order chi connectivity index (χ1) is 7.64. The van der Waals surface area contributed by atoms with Gasteiger partial charge in [0.2, 0.25) is 0 Å². The molecule has 3 rings (SSSR count). The van der Waals surface area contributed by atoms with E-state index in [0.717, 1.165) is 18.4 Å². The fourth-order valence-electron chi connectivity index (χ4n) is 3.31. The molecule has 1 N–H and O–H groups in total. The molecule has 0 spiro atoms. The summed E-state index contributed by atoms with van der Waals surface area (Å²) < 4.78 is 0. The van der Waals surface area contributed by atoms with Gasteiger partial charge < -0.3 is 5.11 Å². The molecule has 3 heteroatoms. The fourth-order valence-corrected chi connectivity index (χ4v) is 3.87. The molecular weight excluding hydrogens is 243 g/mol. The lowest BCUT2D eigenvalue weighted by atomic mass is 10.0. The summed E-state index contributed by atoms with van der Waals surface area (Å²) in [6.07, 6.45) is 4.71. The van der Waals surface area contributed by atoms with Gasteiger partial charge in [-0.25, -0.2) is 0 Å². The van der Waals surface area contributed by atoms with Crippen molar-refractivity contribution in [1.82, 2.24) is 0 Å². The zero-order valence-electron chi connectivity index (χ0n) is 8.92. The minimum Gasteiger partial charge on any atom is -0.385 e. The quantitative estimate of drug-likeness (QED) is 0.806. The van der Waals surface area contributed by atoms with Crippen LogP contribution in [0.15, 0.2) is 18.2 Å². The molecular formula is C13H14Cl2O. The van der Waals surface area contributed by atoms with Crippen molar-refractivity contribution >= 4 is 23.2 Å². The van der Waals surface area contributed by atoms with Crippen LogP contribution in [-0.4, -0.2) is 5.11 Å². The molecule has 0 heterocycles. The number of benzene rings is 1. The number of hydrogen-bond donors (Lipinski definition) is 1. The van der Waals surface area contributed by atoms with E-state index in [1.54, 1.807) is 6.07 Å². The molecule has 2 aliphatic carbocycles. The van der Waals surface area contributed by atoms with Crippen molar-refractivity contribution < 1.29 is 5.11 Å². The Hall–Kier alpha value is -0.240. The van der Waals surface area contributed by atoms with E-state index in [1.165, 1.54) is 12.8 Å². The Labute approximate surface area is 105 Å². The van der Waals surface area contributed by atoms with Crippen molar-refractivity contribution in [1.29, 1.82) is 0 Å².